The summed E-state index contributed by atoms with van der Waals surface area (Å²) >= 11 is 0. The molecule has 1 aromatic rings. The molecule has 0 unspecified atom stereocenters. The van der Waals surface area contributed by atoms with Crippen molar-refractivity contribution in [2.24, 2.45) is 0 Å². The van der Waals surface area contributed by atoms with Crippen molar-refractivity contribution < 1.29 is 4.79 Å². The number of hydrogen-bond donors (Lipinski definition) is 1. The average Bonchev–Trinajstić information content (AvgIpc) is 3.26. The molecule has 7 heteroatoms. The van der Waals surface area contributed by atoms with Crippen molar-refractivity contribution >= 4 is 5.91 Å². The number of nitrogens with one attached hydrogen (secondary N) is 1. The first-order valence-corrected chi connectivity index (χ1v) is 9.31. The Morgan fingerprint density at radius 3 is 2.60 bits per heavy atom. The number of amides is 1. The Hall–Kier alpha value is -1.91. The van der Waals surface area contributed by atoms with Crippen LogP contribution in [-0.2, 0) is 17.9 Å². The van der Waals surface area contributed by atoms with Gasteiger partial charge in [0.15, 0.2) is 0 Å². The van der Waals surface area contributed by atoms with Crippen molar-refractivity contribution in [3.05, 3.63) is 18.2 Å². The summed E-state index contributed by atoms with van der Waals surface area (Å²) in [4.78, 5) is 21.3. The van der Waals surface area contributed by atoms with Crippen LogP contribution in [0.5, 0.6) is 0 Å². The van der Waals surface area contributed by atoms with Gasteiger partial charge in [-0.15, -0.1) is 0 Å². The van der Waals surface area contributed by atoms with E-state index in [4.69, 9.17) is 0 Å². The Balaban J connectivity index is 1.43. The number of piperazine rings is 1. The third kappa shape index (κ3) is 4.39. The van der Waals surface area contributed by atoms with Gasteiger partial charge in [0.2, 0.25) is 5.91 Å². The number of nitrogens with zero attached hydrogens (tertiary/aromatic N) is 5. The summed E-state index contributed by atoms with van der Waals surface area (Å²) in [5.41, 5.74) is -0.615. The normalized spacial score (nSPS) is 21.1. The molecule has 1 saturated carbocycles. The molecule has 1 amide bonds. The zero-order chi connectivity index (χ0) is 17.7. The highest BCUT2D eigenvalue weighted by molar-refractivity contribution is 5.79. The van der Waals surface area contributed by atoms with Gasteiger partial charge >= 0.3 is 0 Å². The molecule has 136 valence electrons. The van der Waals surface area contributed by atoms with Crippen LogP contribution >= 0.6 is 0 Å². The summed E-state index contributed by atoms with van der Waals surface area (Å²) in [6.07, 6.45) is 7.50. The zero-order valence-electron chi connectivity index (χ0n) is 15.1. The standard InChI is InChI=1S/C18H28N6O/c1-2-24-8-7-20-16(24)13-22-9-11-23(12-10-22)14-17(25)21-18(15-19)5-3-4-6-18/h7-8H,2-6,9-14H2,1H3,(H,21,25). The number of rotatable bonds is 6. The molecular formula is C18H28N6O. The molecule has 1 aliphatic heterocycles. The SMILES string of the molecule is CCn1ccnc1CN1CCN(CC(=O)NC2(C#N)CCCC2)CC1. The summed E-state index contributed by atoms with van der Waals surface area (Å²) in [5, 5.41) is 12.4. The average molecular weight is 344 g/mol. The summed E-state index contributed by atoms with van der Waals surface area (Å²) in [7, 11) is 0. The summed E-state index contributed by atoms with van der Waals surface area (Å²) in [6.45, 7) is 7.94. The van der Waals surface area contributed by atoms with Crippen LogP contribution in [0.25, 0.3) is 0 Å². The lowest BCUT2D eigenvalue weighted by molar-refractivity contribution is -0.124. The van der Waals surface area contributed by atoms with E-state index in [0.717, 1.165) is 70.8 Å². The first-order valence-electron chi connectivity index (χ1n) is 9.31. The van der Waals surface area contributed by atoms with Gasteiger partial charge in [-0.2, -0.15) is 5.26 Å². The molecule has 1 N–H and O–H groups in total. The molecule has 2 fully saturated rings. The minimum Gasteiger partial charge on any atom is -0.337 e. The highest BCUT2D eigenvalue weighted by Crippen LogP contribution is 2.28. The van der Waals surface area contributed by atoms with Gasteiger partial charge in [-0.05, 0) is 32.6 Å². The van der Waals surface area contributed by atoms with Crippen LogP contribution in [0.3, 0.4) is 0 Å². The monoisotopic (exact) mass is 344 g/mol. The number of imidazole rings is 1. The smallest absolute Gasteiger partial charge is 0.235 e. The van der Waals surface area contributed by atoms with Crippen molar-refractivity contribution in [3.8, 4) is 6.07 Å². The van der Waals surface area contributed by atoms with E-state index in [9.17, 15) is 10.1 Å². The molecule has 3 rings (SSSR count). The zero-order valence-corrected chi connectivity index (χ0v) is 15.1. The van der Waals surface area contributed by atoms with Crippen molar-refractivity contribution in [1.82, 2.24) is 24.7 Å². The molecule has 25 heavy (non-hydrogen) atoms. The van der Waals surface area contributed by atoms with Gasteiger partial charge in [0.1, 0.15) is 11.4 Å². The van der Waals surface area contributed by atoms with Crippen LogP contribution in [0.1, 0.15) is 38.4 Å². The maximum absolute atomic E-state index is 12.3. The largest absolute Gasteiger partial charge is 0.337 e. The molecule has 7 nitrogen and oxygen atoms in total. The van der Waals surface area contributed by atoms with E-state index in [1.807, 2.05) is 12.4 Å². The minimum atomic E-state index is -0.615. The first-order chi connectivity index (χ1) is 12.1. The lowest BCUT2D eigenvalue weighted by atomic mass is 10.00. The fourth-order valence-electron chi connectivity index (χ4n) is 3.84. The van der Waals surface area contributed by atoms with Gasteiger partial charge in [0.25, 0.3) is 0 Å². The third-order valence-corrected chi connectivity index (χ3v) is 5.39. The van der Waals surface area contributed by atoms with E-state index >= 15 is 0 Å². The van der Waals surface area contributed by atoms with Crippen LogP contribution in [0.4, 0.5) is 0 Å². The van der Waals surface area contributed by atoms with Crippen LogP contribution < -0.4 is 5.32 Å². The number of hydrogen-bond acceptors (Lipinski definition) is 5. The Morgan fingerprint density at radius 1 is 1.28 bits per heavy atom. The van der Waals surface area contributed by atoms with Gasteiger partial charge in [-0.25, -0.2) is 4.98 Å². The number of carbonyl (C=O) groups excluding carboxylic acids is 1. The lowest BCUT2D eigenvalue weighted by Crippen LogP contribution is -2.52. The minimum absolute atomic E-state index is 0.0153. The van der Waals surface area contributed by atoms with E-state index in [1.54, 1.807) is 0 Å². The van der Waals surface area contributed by atoms with E-state index in [1.165, 1.54) is 0 Å². The Labute approximate surface area is 149 Å². The molecule has 0 atom stereocenters. The Bertz CT molecular complexity index is 620. The van der Waals surface area contributed by atoms with Crippen LogP contribution in [0.15, 0.2) is 12.4 Å². The Kier molecular flexibility index (Phi) is 5.71. The highest BCUT2D eigenvalue weighted by atomic mass is 16.2. The van der Waals surface area contributed by atoms with E-state index in [0.29, 0.717) is 6.54 Å². The van der Waals surface area contributed by atoms with E-state index in [2.05, 4.69) is 37.7 Å². The van der Waals surface area contributed by atoms with E-state index < -0.39 is 5.54 Å². The predicted octanol–water partition coefficient (Wildman–Crippen LogP) is 0.973. The number of aromatic nitrogens is 2. The molecule has 1 saturated heterocycles. The topological polar surface area (TPSA) is 77.2 Å². The molecule has 2 heterocycles. The second-order valence-corrected chi connectivity index (χ2v) is 7.13. The van der Waals surface area contributed by atoms with Gasteiger partial charge in [-0.3, -0.25) is 14.6 Å². The lowest BCUT2D eigenvalue weighted by Gasteiger charge is -2.34. The molecule has 1 aromatic heterocycles. The van der Waals surface area contributed by atoms with Gasteiger partial charge in [-0.1, -0.05) is 0 Å². The van der Waals surface area contributed by atoms with E-state index in [-0.39, 0.29) is 5.91 Å². The number of aryl methyl sites for hydroxylation is 1. The van der Waals surface area contributed by atoms with Gasteiger partial charge < -0.3 is 9.88 Å². The highest BCUT2D eigenvalue weighted by Gasteiger charge is 2.35. The van der Waals surface area contributed by atoms with Crippen molar-refractivity contribution in [3.63, 3.8) is 0 Å². The van der Waals surface area contributed by atoms with Gasteiger partial charge in [0, 0.05) is 45.1 Å². The summed E-state index contributed by atoms with van der Waals surface area (Å²) < 4.78 is 2.17. The fraction of sp³-hybridized carbons (Fsp3) is 0.722. The molecule has 0 bridgehead atoms. The predicted molar refractivity (Wildman–Crippen MR) is 94.6 cm³/mol. The Morgan fingerprint density at radius 2 is 1.96 bits per heavy atom. The molecule has 2 aliphatic rings. The fourth-order valence-corrected chi connectivity index (χ4v) is 3.84. The molecule has 0 radical (unpaired) electrons. The maximum Gasteiger partial charge on any atom is 0.235 e. The molecule has 0 spiro atoms. The van der Waals surface area contributed by atoms with Crippen LogP contribution in [-0.4, -0.2) is 63.5 Å². The van der Waals surface area contributed by atoms with Crippen LogP contribution in [0, 0.1) is 11.3 Å². The number of nitriles is 1. The molecular weight excluding hydrogens is 316 g/mol. The summed E-state index contributed by atoms with van der Waals surface area (Å²) in [6, 6.07) is 2.32. The second-order valence-electron chi connectivity index (χ2n) is 7.13. The quantitative estimate of drug-likeness (QED) is 0.832. The molecule has 0 aromatic carbocycles. The van der Waals surface area contributed by atoms with Crippen molar-refractivity contribution in [1.29, 1.82) is 5.26 Å². The van der Waals surface area contributed by atoms with Crippen molar-refractivity contribution in [2.45, 2.75) is 51.2 Å². The maximum atomic E-state index is 12.3. The van der Waals surface area contributed by atoms with Gasteiger partial charge in [0.05, 0.1) is 19.2 Å². The number of carbonyl (C=O) groups is 1. The second kappa shape index (κ2) is 7.98. The molecule has 1 aliphatic carbocycles. The first kappa shape index (κ1) is 17.9. The van der Waals surface area contributed by atoms with Crippen molar-refractivity contribution in [2.75, 3.05) is 32.7 Å². The summed E-state index contributed by atoms with van der Waals surface area (Å²) in [5.74, 6) is 1.09. The van der Waals surface area contributed by atoms with Crippen LogP contribution in [0.2, 0.25) is 0 Å². The third-order valence-electron chi connectivity index (χ3n) is 5.39.